The highest BCUT2D eigenvalue weighted by molar-refractivity contribution is 14.0. The van der Waals surface area contributed by atoms with Crippen LogP contribution in [0.5, 0.6) is 5.75 Å². The number of nitrogens with zero attached hydrogens (tertiary/aromatic N) is 3. The third-order valence-electron chi connectivity index (χ3n) is 4.71. The molecule has 1 aromatic carbocycles. The molecule has 1 fully saturated rings. The molecule has 1 heterocycles. The Hall–Kier alpha value is -1.06. The van der Waals surface area contributed by atoms with Crippen molar-refractivity contribution in [2.75, 3.05) is 60.0 Å². The molecule has 7 heteroatoms. The van der Waals surface area contributed by atoms with Crippen molar-refractivity contribution in [1.82, 2.24) is 20.4 Å². The molecular formula is C20H36IN5O. The predicted molar refractivity (Wildman–Crippen MR) is 124 cm³/mol. The molecular weight excluding hydrogens is 453 g/mol. The predicted octanol–water partition coefficient (Wildman–Crippen LogP) is 2.25. The van der Waals surface area contributed by atoms with E-state index in [4.69, 9.17) is 9.73 Å². The topological polar surface area (TPSA) is 52.1 Å². The molecule has 0 radical (unpaired) electrons. The number of halogens is 1. The second-order valence-electron chi connectivity index (χ2n) is 7.13. The zero-order valence-electron chi connectivity index (χ0n) is 17.2. The van der Waals surface area contributed by atoms with Crippen LogP contribution >= 0.6 is 24.0 Å². The molecule has 1 aliphatic rings. The van der Waals surface area contributed by atoms with Crippen LogP contribution in [0.15, 0.2) is 29.3 Å². The van der Waals surface area contributed by atoms with E-state index in [0.29, 0.717) is 12.5 Å². The number of methoxy groups -OCH3 is 1. The molecule has 0 aliphatic carbocycles. The number of likely N-dealkylation sites (N-methyl/N-ethyl adjacent to an activating group) is 1. The van der Waals surface area contributed by atoms with Gasteiger partial charge in [0.05, 0.1) is 13.7 Å². The molecule has 1 saturated heterocycles. The standard InChI is InChI=1S/C20H35N5O.HI/c1-5-21-20(23-15-18-6-8-19(26-4)9-7-18)22-14-17(2)16-25-12-10-24(3)11-13-25;/h6-9,17H,5,10-16H2,1-4H3,(H2,21,22,23);1H. The first-order valence-electron chi connectivity index (χ1n) is 9.66. The van der Waals surface area contributed by atoms with Gasteiger partial charge in [-0.3, -0.25) is 0 Å². The highest BCUT2D eigenvalue weighted by Crippen LogP contribution is 2.11. The lowest BCUT2D eigenvalue weighted by Gasteiger charge is -2.34. The number of hydrogen-bond donors (Lipinski definition) is 2. The third-order valence-corrected chi connectivity index (χ3v) is 4.71. The Kier molecular flexibility index (Phi) is 11.7. The van der Waals surface area contributed by atoms with E-state index in [9.17, 15) is 0 Å². The van der Waals surface area contributed by atoms with Gasteiger partial charge in [0.15, 0.2) is 5.96 Å². The molecule has 2 rings (SSSR count). The normalized spacial score (nSPS) is 17.1. The van der Waals surface area contributed by atoms with E-state index >= 15 is 0 Å². The molecule has 6 nitrogen and oxygen atoms in total. The van der Waals surface area contributed by atoms with Gasteiger partial charge in [0.25, 0.3) is 0 Å². The summed E-state index contributed by atoms with van der Waals surface area (Å²) in [6, 6.07) is 8.07. The van der Waals surface area contributed by atoms with Gasteiger partial charge in [0, 0.05) is 45.8 Å². The van der Waals surface area contributed by atoms with Gasteiger partial charge in [-0.2, -0.15) is 0 Å². The average Bonchev–Trinajstić information content (AvgIpc) is 2.66. The minimum absolute atomic E-state index is 0. The van der Waals surface area contributed by atoms with Gasteiger partial charge < -0.3 is 25.2 Å². The summed E-state index contributed by atoms with van der Waals surface area (Å²) in [4.78, 5) is 9.66. The van der Waals surface area contributed by atoms with Crippen molar-refractivity contribution in [2.24, 2.45) is 10.9 Å². The zero-order chi connectivity index (χ0) is 18.8. The fourth-order valence-corrected chi connectivity index (χ4v) is 3.05. The van der Waals surface area contributed by atoms with Crippen molar-refractivity contribution in [2.45, 2.75) is 20.4 Å². The molecule has 0 amide bonds. The largest absolute Gasteiger partial charge is 0.497 e. The number of guanidine groups is 1. The quantitative estimate of drug-likeness (QED) is 0.334. The third kappa shape index (κ3) is 9.12. The average molecular weight is 489 g/mol. The Bertz CT molecular complexity index is 544. The first-order chi connectivity index (χ1) is 12.6. The van der Waals surface area contributed by atoms with Crippen molar-refractivity contribution in [3.8, 4) is 5.75 Å². The summed E-state index contributed by atoms with van der Waals surface area (Å²) in [7, 11) is 3.88. The van der Waals surface area contributed by atoms with Gasteiger partial charge in [-0.05, 0) is 37.6 Å². The van der Waals surface area contributed by atoms with Crippen LogP contribution in [0.2, 0.25) is 0 Å². The molecule has 0 saturated carbocycles. The smallest absolute Gasteiger partial charge is 0.191 e. The van der Waals surface area contributed by atoms with Crippen LogP contribution in [-0.4, -0.2) is 75.7 Å². The van der Waals surface area contributed by atoms with Crippen LogP contribution in [0.1, 0.15) is 19.4 Å². The highest BCUT2D eigenvalue weighted by atomic mass is 127. The lowest BCUT2D eigenvalue weighted by molar-refractivity contribution is 0.139. The van der Waals surface area contributed by atoms with E-state index in [1.54, 1.807) is 7.11 Å². The summed E-state index contributed by atoms with van der Waals surface area (Å²) in [5, 5.41) is 6.82. The maximum absolute atomic E-state index is 5.20. The van der Waals surface area contributed by atoms with Crippen molar-refractivity contribution in [1.29, 1.82) is 0 Å². The zero-order valence-corrected chi connectivity index (χ0v) is 19.5. The molecule has 1 unspecified atom stereocenters. The number of hydrogen-bond acceptors (Lipinski definition) is 4. The first-order valence-corrected chi connectivity index (χ1v) is 9.66. The van der Waals surface area contributed by atoms with E-state index in [0.717, 1.165) is 31.3 Å². The van der Waals surface area contributed by atoms with Crippen LogP contribution in [0.25, 0.3) is 0 Å². The SMILES string of the molecule is CCNC(=NCc1ccc(OC)cc1)NCC(C)CN1CCN(C)CC1.I. The monoisotopic (exact) mass is 489 g/mol. The van der Waals surface area contributed by atoms with Crippen LogP contribution in [0.3, 0.4) is 0 Å². The Morgan fingerprint density at radius 1 is 1.15 bits per heavy atom. The maximum Gasteiger partial charge on any atom is 0.191 e. The fraction of sp³-hybridized carbons (Fsp3) is 0.650. The second kappa shape index (κ2) is 13.2. The first kappa shape index (κ1) is 24.0. The summed E-state index contributed by atoms with van der Waals surface area (Å²) < 4.78 is 5.20. The summed E-state index contributed by atoms with van der Waals surface area (Å²) in [5.41, 5.74) is 1.17. The van der Waals surface area contributed by atoms with E-state index in [2.05, 4.69) is 53.5 Å². The van der Waals surface area contributed by atoms with Crippen LogP contribution in [0.4, 0.5) is 0 Å². The van der Waals surface area contributed by atoms with Crippen LogP contribution in [-0.2, 0) is 6.54 Å². The number of piperazine rings is 1. The Morgan fingerprint density at radius 2 is 1.81 bits per heavy atom. The van der Waals surface area contributed by atoms with Gasteiger partial charge in [-0.1, -0.05) is 19.1 Å². The molecule has 1 aliphatic heterocycles. The van der Waals surface area contributed by atoms with Crippen LogP contribution < -0.4 is 15.4 Å². The highest BCUT2D eigenvalue weighted by Gasteiger charge is 2.16. The minimum atomic E-state index is 0. The summed E-state index contributed by atoms with van der Waals surface area (Å²) in [6.45, 7) is 12.7. The number of ether oxygens (including phenoxy) is 1. The molecule has 2 N–H and O–H groups in total. The molecule has 27 heavy (non-hydrogen) atoms. The Morgan fingerprint density at radius 3 is 2.41 bits per heavy atom. The molecule has 154 valence electrons. The van der Waals surface area contributed by atoms with Gasteiger partial charge in [0.2, 0.25) is 0 Å². The van der Waals surface area contributed by atoms with Gasteiger partial charge in [-0.25, -0.2) is 4.99 Å². The molecule has 0 spiro atoms. The van der Waals surface area contributed by atoms with Crippen molar-refractivity contribution in [3.63, 3.8) is 0 Å². The van der Waals surface area contributed by atoms with Gasteiger partial charge >= 0.3 is 0 Å². The Balaban J connectivity index is 0.00000364. The van der Waals surface area contributed by atoms with Gasteiger partial charge in [0.1, 0.15) is 5.75 Å². The molecule has 0 aromatic heterocycles. The number of rotatable bonds is 8. The lowest BCUT2D eigenvalue weighted by Crippen LogP contribution is -2.47. The summed E-state index contributed by atoms with van der Waals surface area (Å²) >= 11 is 0. The lowest BCUT2D eigenvalue weighted by atomic mass is 10.1. The fourth-order valence-electron chi connectivity index (χ4n) is 3.05. The maximum atomic E-state index is 5.20. The molecule has 0 bridgehead atoms. The van der Waals surface area contributed by atoms with Crippen LogP contribution in [0, 0.1) is 5.92 Å². The summed E-state index contributed by atoms with van der Waals surface area (Å²) in [5.74, 6) is 2.34. The summed E-state index contributed by atoms with van der Waals surface area (Å²) in [6.07, 6.45) is 0. The Labute approximate surface area is 181 Å². The van der Waals surface area contributed by atoms with E-state index in [-0.39, 0.29) is 24.0 Å². The molecule has 1 atom stereocenters. The van der Waals surface area contributed by atoms with E-state index < -0.39 is 0 Å². The number of nitrogens with one attached hydrogen (secondary N) is 2. The van der Waals surface area contributed by atoms with Crippen molar-refractivity contribution >= 4 is 29.9 Å². The van der Waals surface area contributed by atoms with Gasteiger partial charge in [-0.15, -0.1) is 24.0 Å². The van der Waals surface area contributed by atoms with Crippen molar-refractivity contribution in [3.05, 3.63) is 29.8 Å². The van der Waals surface area contributed by atoms with E-state index in [1.807, 2.05) is 12.1 Å². The molecule has 1 aromatic rings. The van der Waals surface area contributed by atoms with E-state index in [1.165, 1.54) is 31.7 Å². The number of benzene rings is 1. The van der Waals surface area contributed by atoms with Crippen molar-refractivity contribution < 1.29 is 4.74 Å². The number of aliphatic imine (C=N–C) groups is 1. The minimum Gasteiger partial charge on any atom is -0.497 e. The second-order valence-corrected chi connectivity index (χ2v) is 7.13.